The lowest BCUT2D eigenvalue weighted by atomic mass is 10.1. The lowest BCUT2D eigenvalue weighted by molar-refractivity contribution is 0.432. The first kappa shape index (κ1) is 12.1. The number of aryl methyl sites for hydroxylation is 1. The van der Waals surface area contributed by atoms with E-state index in [0.717, 1.165) is 5.56 Å². The topological polar surface area (TPSA) is 78.5 Å². The number of hydrogen-bond acceptors (Lipinski definition) is 4. The van der Waals surface area contributed by atoms with E-state index in [1.54, 1.807) is 25.3 Å². The van der Waals surface area contributed by atoms with E-state index in [9.17, 15) is 4.39 Å². The zero-order valence-corrected chi connectivity index (χ0v) is 10.5. The second kappa shape index (κ2) is 4.63. The van der Waals surface area contributed by atoms with Crippen LogP contribution in [0.2, 0.25) is 0 Å². The number of nitrogens with one attached hydrogen (secondary N) is 1. The van der Waals surface area contributed by atoms with Crippen molar-refractivity contribution in [1.82, 2.24) is 15.1 Å². The van der Waals surface area contributed by atoms with Crippen LogP contribution in [-0.4, -0.2) is 15.1 Å². The molecule has 0 fully saturated rings. The average Bonchev–Trinajstić information content (AvgIpc) is 3.07. The second-order valence-electron chi connectivity index (χ2n) is 4.30. The molecule has 5 nitrogen and oxygen atoms in total. The molecule has 0 spiro atoms. The summed E-state index contributed by atoms with van der Waals surface area (Å²) in [6.45, 7) is 1.78. The molecule has 0 saturated carbocycles. The van der Waals surface area contributed by atoms with E-state index < -0.39 is 0 Å². The maximum absolute atomic E-state index is 13.1. The Bertz CT molecular complexity index is 813. The summed E-state index contributed by atoms with van der Waals surface area (Å²) in [6, 6.07) is 7.97. The van der Waals surface area contributed by atoms with Crippen molar-refractivity contribution in [1.29, 1.82) is 5.26 Å². The molecule has 3 aromatic rings. The first-order chi connectivity index (χ1) is 9.67. The molecule has 0 radical (unpaired) electrons. The number of benzene rings is 1. The summed E-state index contributed by atoms with van der Waals surface area (Å²) in [7, 11) is 0. The maximum atomic E-state index is 13.1. The lowest BCUT2D eigenvalue weighted by Crippen LogP contribution is -1.87. The molecule has 0 aliphatic rings. The number of hydrogen-bond donors (Lipinski definition) is 1. The van der Waals surface area contributed by atoms with E-state index in [4.69, 9.17) is 9.78 Å². The Morgan fingerprint density at radius 1 is 1.35 bits per heavy atom. The highest BCUT2D eigenvalue weighted by molar-refractivity contribution is 5.63. The Morgan fingerprint density at radius 2 is 2.20 bits per heavy atom. The molecule has 0 saturated heterocycles. The number of aromatic amines is 1. The minimum Gasteiger partial charge on any atom is -0.352 e. The fourth-order valence-electron chi connectivity index (χ4n) is 1.91. The first-order valence-corrected chi connectivity index (χ1v) is 5.86. The summed E-state index contributed by atoms with van der Waals surface area (Å²) < 4.78 is 18.2. The Morgan fingerprint density at radius 3 is 2.90 bits per heavy atom. The minimum atomic E-state index is -0.306. The van der Waals surface area contributed by atoms with Gasteiger partial charge in [-0.25, -0.2) is 4.39 Å². The molecular formula is C14H9FN4O. The van der Waals surface area contributed by atoms with Gasteiger partial charge in [0.15, 0.2) is 0 Å². The summed E-state index contributed by atoms with van der Waals surface area (Å²) in [4.78, 5) is 7.04. The van der Waals surface area contributed by atoms with Crippen molar-refractivity contribution in [2.75, 3.05) is 0 Å². The van der Waals surface area contributed by atoms with Crippen LogP contribution in [0.5, 0.6) is 0 Å². The molecule has 2 heterocycles. The third-order valence-corrected chi connectivity index (χ3v) is 2.91. The van der Waals surface area contributed by atoms with Gasteiger partial charge in [-0.15, -0.1) is 0 Å². The van der Waals surface area contributed by atoms with Gasteiger partial charge in [0, 0.05) is 11.8 Å². The molecule has 0 amide bonds. The molecule has 6 heteroatoms. The number of nitriles is 1. The highest BCUT2D eigenvalue weighted by Crippen LogP contribution is 2.25. The van der Waals surface area contributed by atoms with Crippen LogP contribution < -0.4 is 0 Å². The summed E-state index contributed by atoms with van der Waals surface area (Å²) in [5.74, 6) is 0.387. The zero-order chi connectivity index (χ0) is 14.1. The van der Waals surface area contributed by atoms with Crippen LogP contribution >= 0.6 is 0 Å². The zero-order valence-electron chi connectivity index (χ0n) is 10.5. The van der Waals surface area contributed by atoms with Crippen LogP contribution in [0, 0.1) is 24.1 Å². The fourth-order valence-corrected chi connectivity index (χ4v) is 1.91. The van der Waals surface area contributed by atoms with Crippen molar-refractivity contribution in [3.8, 4) is 28.9 Å². The Labute approximate surface area is 113 Å². The van der Waals surface area contributed by atoms with Crippen molar-refractivity contribution in [2.45, 2.75) is 6.92 Å². The lowest BCUT2D eigenvalue weighted by Gasteiger charge is -1.99. The highest BCUT2D eigenvalue weighted by atomic mass is 19.1. The van der Waals surface area contributed by atoms with E-state index >= 15 is 0 Å². The van der Waals surface area contributed by atoms with Gasteiger partial charge in [0.05, 0.1) is 5.56 Å². The van der Waals surface area contributed by atoms with Gasteiger partial charge in [0.1, 0.15) is 17.6 Å². The molecule has 98 valence electrons. The van der Waals surface area contributed by atoms with Crippen LogP contribution in [0.3, 0.4) is 0 Å². The van der Waals surface area contributed by atoms with Crippen LogP contribution in [-0.2, 0) is 0 Å². The molecule has 1 aromatic carbocycles. The van der Waals surface area contributed by atoms with Gasteiger partial charge in [-0.2, -0.15) is 10.2 Å². The van der Waals surface area contributed by atoms with Gasteiger partial charge in [0.25, 0.3) is 5.89 Å². The molecule has 20 heavy (non-hydrogen) atoms. The van der Waals surface area contributed by atoms with Gasteiger partial charge < -0.3 is 9.51 Å². The number of H-pyrrole nitrogens is 1. The smallest absolute Gasteiger partial charge is 0.259 e. The van der Waals surface area contributed by atoms with Crippen molar-refractivity contribution in [2.24, 2.45) is 0 Å². The van der Waals surface area contributed by atoms with Gasteiger partial charge in [-0.05, 0) is 36.8 Å². The fraction of sp³-hybridized carbons (Fsp3) is 0.0714. The van der Waals surface area contributed by atoms with E-state index in [0.29, 0.717) is 28.5 Å². The molecule has 0 atom stereocenters. The first-order valence-electron chi connectivity index (χ1n) is 5.86. The number of aromatic nitrogens is 3. The number of halogens is 1. The van der Waals surface area contributed by atoms with Crippen molar-refractivity contribution >= 4 is 0 Å². The summed E-state index contributed by atoms with van der Waals surface area (Å²) in [6.07, 6.45) is 1.62. The molecule has 0 aliphatic carbocycles. The Hall–Kier alpha value is -2.94. The second-order valence-corrected chi connectivity index (χ2v) is 4.30. The third-order valence-electron chi connectivity index (χ3n) is 2.91. The van der Waals surface area contributed by atoms with Crippen LogP contribution in [0.25, 0.3) is 22.8 Å². The number of rotatable bonds is 2. The predicted molar refractivity (Wildman–Crippen MR) is 68.9 cm³/mol. The van der Waals surface area contributed by atoms with Gasteiger partial charge >= 0.3 is 0 Å². The van der Waals surface area contributed by atoms with Gasteiger partial charge in [0.2, 0.25) is 5.82 Å². The van der Waals surface area contributed by atoms with Crippen molar-refractivity contribution in [3.05, 3.63) is 47.5 Å². The summed E-state index contributed by atoms with van der Waals surface area (Å²) in [5, 5.41) is 12.6. The van der Waals surface area contributed by atoms with Crippen LogP contribution in [0.4, 0.5) is 4.39 Å². The predicted octanol–water partition coefficient (Wildman–Crippen LogP) is 3.05. The van der Waals surface area contributed by atoms with Crippen LogP contribution in [0.1, 0.15) is 11.3 Å². The summed E-state index contributed by atoms with van der Waals surface area (Å²) in [5.41, 5.74) is 2.49. The molecule has 0 aliphatic heterocycles. The van der Waals surface area contributed by atoms with Crippen LogP contribution in [0.15, 0.2) is 35.0 Å². The highest BCUT2D eigenvalue weighted by Gasteiger charge is 2.13. The molecule has 0 bridgehead atoms. The Balaban J connectivity index is 2.00. The van der Waals surface area contributed by atoms with Gasteiger partial charge in [-0.1, -0.05) is 5.16 Å². The molecule has 2 aromatic heterocycles. The number of nitrogens with zero attached hydrogens (tertiary/aromatic N) is 3. The molecular weight excluding hydrogens is 259 g/mol. The Kier molecular flexibility index (Phi) is 2.80. The monoisotopic (exact) mass is 268 g/mol. The van der Waals surface area contributed by atoms with E-state index in [-0.39, 0.29) is 5.82 Å². The largest absolute Gasteiger partial charge is 0.352 e. The SMILES string of the molecule is Cc1cc(F)ccc1-c1noc(-c2c[nH]c(C#N)c2)n1. The van der Waals surface area contributed by atoms with E-state index in [1.807, 2.05) is 6.07 Å². The summed E-state index contributed by atoms with van der Waals surface area (Å²) >= 11 is 0. The normalized spacial score (nSPS) is 10.4. The molecule has 3 rings (SSSR count). The molecule has 1 N–H and O–H groups in total. The van der Waals surface area contributed by atoms with Gasteiger partial charge in [-0.3, -0.25) is 0 Å². The average molecular weight is 268 g/mol. The quantitative estimate of drug-likeness (QED) is 0.774. The third kappa shape index (κ3) is 2.06. The standard InChI is InChI=1S/C14H9FN4O/c1-8-4-10(15)2-3-12(8)13-18-14(20-19-13)9-5-11(6-16)17-7-9/h2-5,7,17H,1H3. The van der Waals surface area contributed by atoms with E-state index in [1.165, 1.54) is 12.1 Å². The van der Waals surface area contributed by atoms with Crippen molar-refractivity contribution in [3.63, 3.8) is 0 Å². The maximum Gasteiger partial charge on any atom is 0.259 e. The van der Waals surface area contributed by atoms with E-state index in [2.05, 4.69) is 15.1 Å². The molecule has 0 unspecified atom stereocenters. The minimum absolute atomic E-state index is 0.306. The van der Waals surface area contributed by atoms with Crippen molar-refractivity contribution < 1.29 is 8.91 Å².